The Labute approximate surface area is 106 Å². The third kappa shape index (κ3) is 2.22. The average molecular weight is 256 g/mol. The van der Waals surface area contributed by atoms with Crippen LogP contribution in [0.2, 0.25) is 0 Å². The van der Waals surface area contributed by atoms with Crippen LogP contribution < -0.4 is 5.32 Å². The summed E-state index contributed by atoms with van der Waals surface area (Å²) in [5, 5.41) is 12.2. The van der Waals surface area contributed by atoms with Crippen molar-refractivity contribution in [1.82, 2.24) is 10.2 Å². The summed E-state index contributed by atoms with van der Waals surface area (Å²) < 4.78 is 5.32. The molecule has 0 bridgehead atoms. The molecule has 2 fully saturated rings. The van der Waals surface area contributed by atoms with E-state index >= 15 is 0 Å². The van der Waals surface area contributed by atoms with Crippen LogP contribution in [-0.2, 0) is 14.3 Å². The van der Waals surface area contributed by atoms with Crippen LogP contribution in [0.3, 0.4) is 0 Å². The second-order valence-electron chi connectivity index (χ2n) is 5.04. The molecule has 6 heteroatoms. The number of carbonyl (C=O) groups is 2. The third-order valence-electron chi connectivity index (χ3n) is 4.12. The van der Waals surface area contributed by atoms with E-state index in [1.165, 1.54) is 0 Å². The topological polar surface area (TPSA) is 78.9 Å². The number of nitrogens with one attached hydrogen (secondary N) is 1. The maximum Gasteiger partial charge on any atom is 0.308 e. The van der Waals surface area contributed by atoms with E-state index in [0.29, 0.717) is 26.2 Å². The highest BCUT2D eigenvalue weighted by atomic mass is 16.5. The predicted octanol–water partition coefficient (Wildman–Crippen LogP) is -0.458. The minimum atomic E-state index is -0.814. The van der Waals surface area contributed by atoms with Crippen LogP contribution in [0.5, 0.6) is 0 Å². The first-order valence-electron chi connectivity index (χ1n) is 6.34. The van der Waals surface area contributed by atoms with Crippen molar-refractivity contribution in [2.75, 3.05) is 26.8 Å². The van der Waals surface area contributed by atoms with Crippen LogP contribution >= 0.6 is 0 Å². The number of aliphatic carboxylic acids is 1. The molecule has 0 radical (unpaired) electrons. The number of nitrogens with zero attached hydrogens (tertiary/aromatic N) is 1. The van der Waals surface area contributed by atoms with E-state index in [9.17, 15) is 9.59 Å². The number of rotatable bonds is 3. The number of carboxylic acid groups (broad SMARTS) is 1. The van der Waals surface area contributed by atoms with Crippen molar-refractivity contribution in [3.05, 3.63) is 0 Å². The van der Waals surface area contributed by atoms with Gasteiger partial charge >= 0.3 is 5.97 Å². The molecular weight excluding hydrogens is 236 g/mol. The average Bonchev–Trinajstić information content (AvgIpc) is 2.93. The van der Waals surface area contributed by atoms with Crippen molar-refractivity contribution >= 4 is 11.9 Å². The molecule has 0 aromatic rings. The Hall–Kier alpha value is -1.14. The number of ether oxygens (including phenoxy) is 1. The fraction of sp³-hybridized carbons (Fsp3) is 0.833. The monoisotopic (exact) mass is 256 g/mol. The number of likely N-dealkylation sites (N-methyl/N-ethyl adjacent to an activating group) is 1. The van der Waals surface area contributed by atoms with Gasteiger partial charge in [-0.3, -0.25) is 9.59 Å². The molecule has 0 saturated carbocycles. The van der Waals surface area contributed by atoms with Crippen LogP contribution in [0.25, 0.3) is 0 Å². The van der Waals surface area contributed by atoms with Crippen molar-refractivity contribution in [3.63, 3.8) is 0 Å². The minimum Gasteiger partial charge on any atom is -0.481 e. The largest absolute Gasteiger partial charge is 0.481 e. The summed E-state index contributed by atoms with van der Waals surface area (Å²) in [7, 11) is 1.81. The van der Waals surface area contributed by atoms with E-state index < -0.39 is 11.9 Å². The standard InChI is InChI=1S/C12H20N2O4/c1-7-8(12(16)17)3-4-14(7)11(15)9-5-18-6-10(9)13-2/h7-10,13H,3-6H2,1-2H3,(H,16,17). The zero-order valence-electron chi connectivity index (χ0n) is 10.8. The van der Waals surface area contributed by atoms with E-state index in [1.807, 2.05) is 14.0 Å². The Morgan fingerprint density at radius 1 is 1.33 bits per heavy atom. The molecular formula is C12H20N2O4. The van der Waals surface area contributed by atoms with Crippen molar-refractivity contribution in [2.45, 2.75) is 25.4 Å². The van der Waals surface area contributed by atoms with Crippen molar-refractivity contribution in [1.29, 1.82) is 0 Å². The molecule has 0 aliphatic carbocycles. The lowest BCUT2D eigenvalue weighted by Gasteiger charge is -2.27. The predicted molar refractivity (Wildman–Crippen MR) is 64.1 cm³/mol. The fourth-order valence-corrected chi connectivity index (χ4v) is 2.88. The molecule has 18 heavy (non-hydrogen) atoms. The number of hydrogen-bond acceptors (Lipinski definition) is 4. The Morgan fingerprint density at radius 3 is 2.61 bits per heavy atom. The normalized spacial score (nSPS) is 36.0. The highest BCUT2D eigenvalue weighted by Crippen LogP contribution is 2.27. The number of carboxylic acids is 1. The number of carbonyl (C=O) groups excluding carboxylic acids is 1. The SMILES string of the molecule is CNC1COCC1C(=O)N1CCC(C(=O)O)C1C. The Morgan fingerprint density at radius 2 is 2.06 bits per heavy atom. The lowest BCUT2D eigenvalue weighted by Crippen LogP contribution is -2.47. The molecule has 4 unspecified atom stereocenters. The van der Waals surface area contributed by atoms with Gasteiger partial charge in [-0.05, 0) is 20.4 Å². The first-order valence-corrected chi connectivity index (χ1v) is 6.34. The van der Waals surface area contributed by atoms with Crippen LogP contribution in [0.15, 0.2) is 0 Å². The summed E-state index contributed by atoms with van der Waals surface area (Å²) in [5.74, 6) is -1.43. The van der Waals surface area contributed by atoms with E-state index in [0.717, 1.165) is 0 Å². The summed E-state index contributed by atoms with van der Waals surface area (Å²) in [6.07, 6.45) is 0.542. The first kappa shape index (κ1) is 13.3. The number of hydrogen-bond donors (Lipinski definition) is 2. The van der Waals surface area contributed by atoms with E-state index in [4.69, 9.17) is 9.84 Å². The van der Waals surface area contributed by atoms with Crippen LogP contribution in [0, 0.1) is 11.8 Å². The summed E-state index contributed by atoms with van der Waals surface area (Å²) >= 11 is 0. The van der Waals surface area contributed by atoms with Crippen molar-refractivity contribution in [2.24, 2.45) is 11.8 Å². The van der Waals surface area contributed by atoms with Gasteiger partial charge < -0.3 is 20.1 Å². The molecule has 6 nitrogen and oxygen atoms in total. The summed E-state index contributed by atoms with van der Waals surface area (Å²) in [4.78, 5) is 25.2. The van der Waals surface area contributed by atoms with E-state index in [-0.39, 0.29) is 23.9 Å². The fourth-order valence-electron chi connectivity index (χ4n) is 2.88. The van der Waals surface area contributed by atoms with Gasteiger partial charge in [-0.1, -0.05) is 0 Å². The second kappa shape index (κ2) is 5.24. The van der Waals surface area contributed by atoms with Gasteiger partial charge in [0, 0.05) is 18.6 Å². The van der Waals surface area contributed by atoms with Crippen molar-refractivity contribution < 1.29 is 19.4 Å². The van der Waals surface area contributed by atoms with Gasteiger partial charge in [-0.2, -0.15) is 0 Å². The molecule has 0 spiro atoms. The van der Waals surface area contributed by atoms with Gasteiger partial charge in [-0.25, -0.2) is 0 Å². The highest BCUT2D eigenvalue weighted by molar-refractivity contribution is 5.82. The van der Waals surface area contributed by atoms with Gasteiger partial charge in [0.1, 0.15) is 0 Å². The lowest BCUT2D eigenvalue weighted by molar-refractivity contribution is -0.143. The van der Waals surface area contributed by atoms with Crippen LogP contribution in [-0.4, -0.2) is 60.8 Å². The first-order chi connectivity index (χ1) is 8.56. The third-order valence-corrected chi connectivity index (χ3v) is 4.12. The van der Waals surface area contributed by atoms with E-state index in [2.05, 4.69) is 5.32 Å². The van der Waals surface area contributed by atoms with E-state index in [1.54, 1.807) is 4.90 Å². The minimum absolute atomic E-state index is 0.0168. The van der Waals surface area contributed by atoms with Crippen LogP contribution in [0.4, 0.5) is 0 Å². The molecule has 2 heterocycles. The van der Waals surface area contributed by atoms with Crippen molar-refractivity contribution in [3.8, 4) is 0 Å². The number of amides is 1. The molecule has 2 aliphatic rings. The smallest absolute Gasteiger partial charge is 0.308 e. The van der Waals surface area contributed by atoms with Gasteiger partial charge in [0.15, 0.2) is 0 Å². The summed E-state index contributed by atoms with van der Waals surface area (Å²) in [5.41, 5.74) is 0. The summed E-state index contributed by atoms with van der Waals surface area (Å²) in [6.45, 7) is 3.31. The molecule has 2 saturated heterocycles. The lowest BCUT2D eigenvalue weighted by atomic mass is 10.00. The van der Waals surface area contributed by atoms with Gasteiger partial charge in [-0.15, -0.1) is 0 Å². The molecule has 2 aliphatic heterocycles. The Bertz CT molecular complexity index is 347. The Kier molecular flexibility index (Phi) is 3.87. The van der Waals surface area contributed by atoms with Gasteiger partial charge in [0.2, 0.25) is 5.91 Å². The molecule has 102 valence electrons. The maximum absolute atomic E-state index is 12.4. The Balaban J connectivity index is 2.04. The zero-order chi connectivity index (χ0) is 13.3. The molecule has 0 aromatic heterocycles. The highest BCUT2D eigenvalue weighted by Gasteiger charge is 2.43. The van der Waals surface area contributed by atoms with Crippen LogP contribution in [0.1, 0.15) is 13.3 Å². The summed E-state index contributed by atoms with van der Waals surface area (Å²) in [6, 6.07) is -0.193. The quantitative estimate of drug-likeness (QED) is 0.714. The second-order valence-corrected chi connectivity index (χ2v) is 5.04. The molecule has 0 aromatic carbocycles. The zero-order valence-corrected chi connectivity index (χ0v) is 10.8. The molecule has 2 rings (SSSR count). The molecule has 2 N–H and O–H groups in total. The van der Waals surface area contributed by atoms with Gasteiger partial charge in [0.05, 0.1) is 25.0 Å². The van der Waals surface area contributed by atoms with Gasteiger partial charge in [0.25, 0.3) is 0 Å². The maximum atomic E-state index is 12.4. The molecule has 4 atom stereocenters. The molecule has 1 amide bonds. The number of likely N-dealkylation sites (tertiary alicyclic amines) is 1.